The lowest BCUT2D eigenvalue weighted by atomic mass is 10.2. The van der Waals surface area contributed by atoms with Crippen molar-refractivity contribution in [2.45, 2.75) is 26.9 Å². The first kappa shape index (κ1) is 14.0. The van der Waals surface area contributed by atoms with E-state index in [1.807, 2.05) is 0 Å². The van der Waals surface area contributed by atoms with Crippen LogP contribution < -0.4 is 5.32 Å². The van der Waals surface area contributed by atoms with Gasteiger partial charge in [-0.3, -0.25) is 4.68 Å². The van der Waals surface area contributed by atoms with Gasteiger partial charge in [-0.25, -0.2) is 0 Å². The molecule has 0 amide bonds. The van der Waals surface area contributed by atoms with Gasteiger partial charge in [0.1, 0.15) is 0 Å². The van der Waals surface area contributed by atoms with Crippen LogP contribution >= 0.6 is 0 Å². The topological polar surface area (TPSA) is 33.1 Å². The van der Waals surface area contributed by atoms with E-state index in [4.69, 9.17) is 0 Å². The SMILES string of the molecule is CCN(C)CCNCc1nn(CC)c2ccccc12. The zero-order valence-electron chi connectivity index (χ0n) is 12.2. The van der Waals surface area contributed by atoms with E-state index < -0.39 is 0 Å². The minimum atomic E-state index is 0.838. The minimum Gasteiger partial charge on any atom is -0.310 e. The van der Waals surface area contributed by atoms with Crippen molar-refractivity contribution in [3.05, 3.63) is 30.0 Å². The van der Waals surface area contributed by atoms with Crippen LogP contribution in [0.5, 0.6) is 0 Å². The number of para-hydroxylation sites is 1. The van der Waals surface area contributed by atoms with Crippen LogP contribution in [0, 0.1) is 0 Å². The molecule has 4 nitrogen and oxygen atoms in total. The number of aromatic nitrogens is 2. The van der Waals surface area contributed by atoms with E-state index in [9.17, 15) is 0 Å². The molecule has 1 N–H and O–H groups in total. The molecule has 0 radical (unpaired) electrons. The molecule has 19 heavy (non-hydrogen) atoms. The average Bonchev–Trinajstić information content (AvgIpc) is 2.81. The van der Waals surface area contributed by atoms with Gasteiger partial charge in [0.2, 0.25) is 0 Å². The molecule has 0 aliphatic carbocycles. The molecule has 0 aliphatic heterocycles. The molecule has 1 aromatic carbocycles. The third kappa shape index (κ3) is 3.33. The largest absolute Gasteiger partial charge is 0.310 e. The number of benzene rings is 1. The number of hydrogen-bond acceptors (Lipinski definition) is 3. The van der Waals surface area contributed by atoms with Crippen LogP contribution in [0.4, 0.5) is 0 Å². The second kappa shape index (κ2) is 6.68. The Morgan fingerprint density at radius 1 is 1.26 bits per heavy atom. The maximum absolute atomic E-state index is 4.69. The van der Waals surface area contributed by atoms with Crippen molar-refractivity contribution >= 4 is 10.9 Å². The van der Waals surface area contributed by atoms with Gasteiger partial charge in [-0.1, -0.05) is 25.1 Å². The highest BCUT2D eigenvalue weighted by Crippen LogP contribution is 2.17. The number of nitrogens with one attached hydrogen (secondary N) is 1. The highest BCUT2D eigenvalue weighted by Gasteiger charge is 2.08. The summed E-state index contributed by atoms with van der Waals surface area (Å²) in [7, 11) is 2.14. The monoisotopic (exact) mass is 260 g/mol. The molecule has 0 fully saturated rings. The van der Waals surface area contributed by atoms with Crippen molar-refractivity contribution in [1.29, 1.82) is 0 Å². The van der Waals surface area contributed by atoms with Crippen LogP contribution in [0.15, 0.2) is 24.3 Å². The Hall–Kier alpha value is -1.39. The Labute approximate surface area is 115 Å². The third-order valence-corrected chi connectivity index (χ3v) is 3.54. The van der Waals surface area contributed by atoms with Crippen LogP contribution in [0.1, 0.15) is 19.5 Å². The summed E-state index contributed by atoms with van der Waals surface area (Å²) in [4.78, 5) is 2.30. The average molecular weight is 260 g/mol. The minimum absolute atomic E-state index is 0.838. The molecular formula is C15H24N4. The zero-order chi connectivity index (χ0) is 13.7. The predicted octanol–water partition coefficient (Wildman–Crippen LogP) is 2.10. The molecule has 2 rings (SSSR count). The van der Waals surface area contributed by atoms with E-state index in [0.717, 1.165) is 38.4 Å². The highest BCUT2D eigenvalue weighted by atomic mass is 15.3. The van der Waals surface area contributed by atoms with Crippen LogP contribution in [-0.2, 0) is 13.1 Å². The molecule has 0 bridgehead atoms. The van der Waals surface area contributed by atoms with Crippen LogP contribution in [0.3, 0.4) is 0 Å². The smallest absolute Gasteiger partial charge is 0.0841 e. The summed E-state index contributed by atoms with van der Waals surface area (Å²) in [5.41, 5.74) is 2.38. The number of likely N-dealkylation sites (N-methyl/N-ethyl adjacent to an activating group) is 1. The number of nitrogens with zero attached hydrogens (tertiary/aromatic N) is 3. The lowest BCUT2D eigenvalue weighted by Gasteiger charge is -2.13. The summed E-state index contributed by atoms with van der Waals surface area (Å²) in [5.74, 6) is 0. The van der Waals surface area contributed by atoms with E-state index in [2.05, 4.69) is 65.2 Å². The summed E-state index contributed by atoms with van der Waals surface area (Å²) in [6.45, 7) is 9.23. The first-order valence-corrected chi connectivity index (χ1v) is 7.10. The van der Waals surface area contributed by atoms with Crippen molar-refractivity contribution in [3.8, 4) is 0 Å². The van der Waals surface area contributed by atoms with Crippen LogP contribution in [0.2, 0.25) is 0 Å². The van der Waals surface area contributed by atoms with E-state index in [1.54, 1.807) is 0 Å². The first-order chi connectivity index (χ1) is 9.26. The van der Waals surface area contributed by atoms with E-state index >= 15 is 0 Å². The van der Waals surface area contributed by atoms with Gasteiger partial charge in [0.15, 0.2) is 0 Å². The van der Waals surface area contributed by atoms with Gasteiger partial charge in [-0.15, -0.1) is 0 Å². The van der Waals surface area contributed by atoms with Crippen molar-refractivity contribution in [3.63, 3.8) is 0 Å². The second-order valence-corrected chi connectivity index (χ2v) is 4.85. The lowest BCUT2D eigenvalue weighted by Crippen LogP contribution is -2.28. The number of rotatable bonds is 7. The number of hydrogen-bond donors (Lipinski definition) is 1. The molecule has 4 heteroatoms. The Morgan fingerprint density at radius 2 is 2.05 bits per heavy atom. The molecule has 2 aromatic rings. The zero-order valence-corrected chi connectivity index (χ0v) is 12.2. The van der Waals surface area contributed by atoms with Crippen LogP contribution in [-0.4, -0.2) is 41.4 Å². The first-order valence-electron chi connectivity index (χ1n) is 7.10. The fraction of sp³-hybridized carbons (Fsp3) is 0.533. The second-order valence-electron chi connectivity index (χ2n) is 4.85. The van der Waals surface area contributed by atoms with Crippen LogP contribution in [0.25, 0.3) is 10.9 Å². The fourth-order valence-corrected chi connectivity index (χ4v) is 2.20. The van der Waals surface area contributed by atoms with Crippen molar-refractivity contribution in [1.82, 2.24) is 20.0 Å². The van der Waals surface area contributed by atoms with Gasteiger partial charge in [0.05, 0.1) is 11.2 Å². The normalized spacial score (nSPS) is 11.6. The fourth-order valence-electron chi connectivity index (χ4n) is 2.20. The molecule has 0 unspecified atom stereocenters. The summed E-state index contributed by atoms with van der Waals surface area (Å²) in [6, 6.07) is 8.45. The molecular weight excluding hydrogens is 236 g/mol. The molecule has 0 spiro atoms. The Balaban J connectivity index is 2.00. The van der Waals surface area contributed by atoms with Gasteiger partial charge in [-0.2, -0.15) is 5.10 Å². The van der Waals surface area contributed by atoms with Gasteiger partial charge >= 0.3 is 0 Å². The molecule has 104 valence electrons. The van der Waals surface area contributed by atoms with Gasteiger partial charge in [0.25, 0.3) is 0 Å². The van der Waals surface area contributed by atoms with E-state index in [0.29, 0.717) is 0 Å². The lowest BCUT2D eigenvalue weighted by molar-refractivity contribution is 0.348. The standard InChI is InChI=1S/C15H24N4/c1-4-18(3)11-10-16-12-14-13-8-6-7-9-15(13)19(5-2)17-14/h6-9,16H,4-5,10-12H2,1-3H3. The van der Waals surface area contributed by atoms with Crippen molar-refractivity contribution in [2.24, 2.45) is 0 Å². The van der Waals surface area contributed by atoms with Crippen molar-refractivity contribution in [2.75, 3.05) is 26.7 Å². The van der Waals surface area contributed by atoms with E-state index in [-0.39, 0.29) is 0 Å². The summed E-state index contributed by atoms with van der Waals surface area (Å²) < 4.78 is 2.07. The van der Waals surface area contributed by atoms with E-state index in [1.165, 1.54) is 10.9 Å². The maximum Gasteiger partial charge on any atom is 0.0841 e. The molecule has 0 aliphatic rings. The highest BCUT2D eigenvalue weighted by molar-refractivity contribution is 5.81. The third-order valence-electron chi connectivity index (χ3n) is 3.54. The summed E-state index contributed by atoms with van der Waals surface area (Å²) >= 11 is 0. The Morgan fingerprint density at radius 3 is 2.79 bits per heavy atom. The number of fused-ring (bicyclic) bond motifs is 1. The quantitative estimate of drug-likeness (QED) is 0.774. The molecule has 0 saturated carbocycles. The molecule has 1 aromatic heterocycles. The maximum atomic E-state index is 4.69. The summed E-state index contributed by atoms with van der Waals surface area (Å²) in [5, 5.41) is 9.43. The summed E-state index contributed by atoms with van der Waals surface area (Å²) in [6.07, 6.45) is 0. The number of aryl methyl sites for hydroxylation is 1. The van der Waals surface area contributed by atoms with Crippen molar-refractivity contribution < 1.29 is 0 Å². The van der Waals surface area contributed by atoms with Gasteiger partial charge in [0, 0.05) is 31.6 Å². The molecule has 0 atom stereocenters. The Kier molecular flexibility index (Phi) is 4.93. The molecule has 0 saturated heterocycles. The van der Waals surface area contributed by atoms with Gasteiger partial charge < -0.3 is 10.2 Å². The van der Waals surface area contributed by atoms with Gasteiger partial charge in [-0.05, 0) is 26.6 Å². The molecule has 1 heterocycles. The Bertz CT molecular complexity index is 518. The predicted molar refractivity (Wildman–Crippen MR) is 80.3 cm³/mol.